The Labute approximate surface area is 121 Å². The molecule has 0 amide bonds. The summed E-state index contributed by atoms with van der Waals surface area (Å²) in [5.41, 5.74) is 2.47. The van der Waals surface area contributed by atoms with Gasteiger partial charge in [-0.3, -0.25) is 4.99 Å². The van der Waals surface area contributed by atoms with Crippen LogP contribution in [0.5, 0.6) is 0 Å². The van der Waals surface area contributed by atoms with E-state index in [0.717, 1.165) is 16.7 Å². The van der Waals surface area contributed by atoms with E-state index in [-0.39, 0.29) is 0 Å². The zero-order valence-electron chi connectivity index (χ0n) is 10.4. The van der Waals surface area contributed by atoms with Gasteiger partial charge in [-0.2, -0.15) is 10.3 Å². The molecule has 1 atom stereocenters. The Hall–Kier alpha value is -2.60. The van der Waals surface area contributed by atoms with Crippen molar-refractivity contribution in [1.29, 1.82) is 5.26 Å². The van der Waals surface area contributed by atoms with Crippen LogP contribution in [0.25, 0.3) is 0 Å². The normalized spacial score (nSPS) is 18.9. The van der Waals surface area contributed by atoms with Gasteiger partial charge in [-0.05, 0) is 35.5 Å². The van der Waals surface area contributed by atoms with Gasteiger partial charge in [-0.25, -0.2) is 0 Å². The van der Waals surface area contributed by atoms with Gasteiger partial charge in [0.25, 0.3) is 0 Å². The first-order valence-electron chi connectivity index (χ1n) is 6.04. The second-order valence-electron chi connectivity index (χ2n) is 4.42. The summed E-state index contributed by atoms with van der Waals surface area (Å²) >= 11 is 4.58. The predicted octanol–water partition coefficient (Wildman–Crippen LogP) is 3.62. The van der Waals surface area contributed by atoms with Crippen molar-refractivity contribution >= 4 is 29.3 Å². The van der Waals surface area contributed by atoms with Gasteiger partial charge in [-0.15, -0.1) is 0 Å². The number of isothiocyanates is 1. The van der Waals surface area contributed by atoms with Crippen molar-refractivity contribution in [3.63, 3.8) is 0 Å². The molecule has 0 radical (unpaired) electrons. The SMILES string of the molecule is N#CC1(c2ccc(N=C=S)cc2)N=Cc2ccccc21. The van der Waals surface area contributed by atoms with Crippen LogP contribution < -0.4 is 0 Å². The van der Waals surface area contributed by atoms with Gasteiger partial charge in [0, 0.05) is 11.8 Å². The number of nitrogens with zero attached hydrogens (tertiary/aromatic N) is 3. The Bertz CT molecular complexity index is 780. The lowest BCUT2D eigenvalue weighted by molar-refractivity contribution is 0.720. The number of nitriles is 1. The van der Waals surface area contributed by atoms with Crippen molar-refractivity contribution in [3.8, 4) is 6.07 Å². The summed E-state index contributed by atoms with van der Waals surface area (Å²) in [5.74, 6) is 0. The fraction of sp³-hybridized carbons (Fsp3) is 0.0625. The molecular formula is C16H9N3S. The summed E-state index contributed by atoms with van der Waals surface area (Å²) in [6.45, 7) is 0. The van der Waals surface area contributed by atoms with E-state index in [1.807, 2.05) is 48.5 Å². The van der Waals surface area contributed by atoms with E-state index >= 15 is 0 Å². The zero-order chi connectivity index (χ0) is 14.0. The van der Waals surface area contributed by atoms with Gasteiger partial charge >= 0.3 is 0 Å². The lowest BCUT2D eigenvalue weighted by atomic mass is 9.84. The lowest BCUT2D eigenvalue weighted by Gasteiger charge is -2.20. The summed E-state index contributed by atoms with van der Waals surface area (Å²) in [5, 5.41) is 12.0. The molecule has 0 aliphatic carbocycles. The van der Waals surface area contributed by atoms with Gasteiger partial charge in [0.2, 0.25) is 0 Å². The number of hydrogen-bond donors (Lipinski definition) is 0. The number of thiocarbonyl (C=S) groups is 1. The summed E-state index contributed by atoms with van der Waals surface area (Å²) in [4.78, 5) is 8.36. The first-order chi connectivity index (χ1) is 9.80. The molecule has 1 heterocycles. The third kappa shape index (κ3) is 1.78. The zero-order valence-corrected chi connectivity index (χ0v) is 11.3. The van der Waals surface area contributed by atoms with E-state index in [9.17, 15) is 5.26 Å². The van der Waals surface area contributed by atoms with Crippen LogP contribution in [0, 0.1) is 11.3 Å². The van der Waals surface area contributed by atoms with Crippen molar-refractivity contribution in [2.24, 2.45) is 9.98 Å². The van der Waals surface area contributed by atoms with Gasteiger partial charge in [0.1, 0.15) is 6.07 Å². The van der Waals surface area contributed by atoms with E-state index in [1.54, 1.807) is 6.21 Å². The van der Waals surface area contributed by atoms with E-state index < -0.39 is 5.54 Å². The predicted molar refractivity (Wildman–Crippen MR) is 81.6 cm³/mol. The Kier molecular flexibility index (Phi) is 3.00. The third-order valence-electron chi connectivity index (χ3n) is 3.37. The van der Waals surface area contributed by atoms with Crippen LogP contribution in [0.1, 0.15) is 16.7 Å². The lowest BCUT2D eigenvalue weighted by Crippen LogP contribution is -2.20. The Morgan fingerprint density at radius 2 is 1.85 bits per heavy atom. The minimum absolute atomic E-state index is 0.715. The Morgan fingerprint density at radius 1 is 1.10 bits per heavy atom. The van der Waals surface area contributed by atoms with Gasteiger partial charge < -0.3 is 0 Å². The van der Waals surface area contributed by atoms with Crippen LogP contribution in [0.4, 0.5) is 5.69 Å². The average Bonchev–Trinajstić information content (AvgIpc) is 2.88. The summed E-state index contributed by atoms with van der Waals surface area (Å²) in [6, 6.07) is 17.4. The van der Waals surface area contributed by atoms with E-state index in [1.165, 1.54) is 0 Å². The van der Waals surface area contributed by atoms with Crippen LogP contribution >= 0.6 is 12.2 Å². The van der Waals surface area contributed by atoms with Gasteiger partial charge in [0.15, 0.2) is 5.54 Å². The second-order valence-corrected chi connectivity index (χ2v) is 4.60. The first-order valence-corrected chi connectivity index (χ1v) is 6.45. The molecule has 1 aliphatic heterocycles. The quantitative estimate of drug-likeness (QED) is 0.621. The molecule has 3 rings (SSSR count). The van der Waals surface area contributed by atoms with Crippen LogP contribution in [0.3, 0.4) is 0 Å². The molecule has 1 unspecified atom stereocenters. The van der Waals surface area contributed by atoms with Crippen molar-refractivity contribution in [1.82, 2.24) is 0 Å². The number of rotatable bonds is 2. The molecule has 94 valence electrons. The maximum Gasteiger partial charge on any atom is 0.197 e. The summed E-state index contributed by atoms with van der Waals surface area (Å²) in [6.07, 6.45) is 1.75. The van der Waals surface area contributed by atoms with Crippen LogP contribution in [-0.4, -0.2) is 11.4 Å². The van der Waals surface area contributed by atoms with Crippen LogP contribution in [-0.2, 0) is 5.54 Å². The Morgan fingerprint density at radius 3 is 2.55 bits per heavy atom. The van der Waals surface area contributed by atoms with Crippen LogP contribution in [0.15, 0.2) is 58.5 Å². The molecule has 4 heteroatoms. The maximum absolute atomic E-state index is 9.67. The molecule has 0 spiro atoms. The third-order valence-corrected chi connectivity index (χ3v) is 3.46. The van der Waals surface area contributed by atoms with Crippen molar-refractivity contribution in [3.05, 3.63) is 65.2 Å². The van der Waals surface area contributed by atoms with E-state index in [4.69, 9.17) is 0 Å². The second kappa shape index (κ2) is 4.82. The molecule has 2 aromatic carbocycles. The molecule has 2 aromatic rings. The molecular weight excluding hydrogens is 266 g/mol. The Balaban J connectivity index is 2.15. The van der Waals surface area contributed by atoms with E-state index in [0.29, 0.717) is 5.69 Å². The molecule has 3 nitrogen and oxygen atoms in total. The highest BCUT2D eigenvalue weighted by Gasteiger charge is 2.38. The fourth-order valence-corrected chi connectivity index (χ4v) is 2.49. The highest BCUT2D eigenvalue weighted by atomic mass is 32.1. The number of aliphatic imine (C=N–C) groups is 2. The molecule has 0 N–H and O–H groups in total. The smallest absolute Gasteiger partial charge is 0.197 e. The van der Waals surface area contributed by atoms with Crippen molar-refractivity contribution < 1.29 is 0 Å². The maximum atomic E-state index is 9.67. The van der Waals surface area contributed by atoms with Crippen molar-refractivity contribution in [2.45, 2.75) is 5.54 Å². The number of hydrogen-bond acceptors (Lipinski definition) is 4. The summed E-state index contributed by atoms with van der Waals surface area (Å²) < 4.78 is 0. The molecule has 0 saturated carbocycles. The molecule has 1 aliphatic rings. The average molecular weight is 275 g/mol. The summed E-state index contributed by atoms with van der Waals surface area (Å²) in [7, 11) is 0. The van der Waals surface area contributed by atoms with Gasteiger partial charge in [-0.1, -0.05) is 36.4 Å². The molecule has 20 heavy (non-hydrogen) atoms. The molecule has 0 bridgehead atoms. The molecule has 0 fully saturated rings. The van der Waals surface area contributed by atoms with Crippen molar-refractivity contribution in [2.75, 3.05) is 0 Å². The number of benzene rings is 2. The highest BCUT2D eigenvalue weighted by Crippen LogP contribution is 2.39. The topological polar surface area (TPSA) is 48.5 Å². The molecule has 0 aromatic heterocycles. The highest BCUT2D eigenvalue weighted by molar-refractivity contribution is 7.78. The van der Waals surface area contributed by atoms with E-state index in [2.05, 4.69) is 33.4 Å². The largest absolute Gasteiger partial charge is 0.261 e. The minimum Gasteiger partial charge on any atom is -0.261 e. The monoisotopic (exact) mass is 275 g/mol. The first kappa shape index (κ1) is 12.4. The van der Waals surface area contributed by atoms with Gasteiger partial charge in [0.05, 0.1) is 10.8 Å². The minimum atomic E-state index is -0.962. The fourth-order valence-electron chi connectivity index (χ4n) is 2.39. The van der Waals surface area contributed by atoms with Crippen LogP contribution in [0.2, 0.25) is 0 Å². The standard InChI is InChI=1S/C16H9N3S/c17-10-16(13-5-7-14(8-6-13)18-11-20)15-4-2-1-3-12(15)9-19-16/h1-9H. The molecule has 0 saturated heterocycles. The number of fused-ring (bicyclic) bond motifs is 1.